The highest BCUT2D eigenvalue weighted by Gasteiger charge is 2.30. The van der Waals surface area contributed by atoms with Gasteiger partial charge in [-0.2, -0.15) is 5.26 Å². The summed E-state index contributed by atoms with van der Waals surface area (Å²) in [6, 6.07) is 2.24. The van der Waals surface area contributed by atoms with Gasteiger partial charge in [-0.05, 0) is 44.2 Å². The first kappa shape index (κ1) is 11.0. The lowest BCUT2D eigenvalue weighted by atomic mass is 9.75. The van der Waals surface area contributed by atoms with Crippen molar-refractivity contribution in [1.82, 2.24) is 4.90 Å². The van der Waals surface area contributed by atoms with Gasteiger partial charge < -0.3 is 4.90 Å². The molecule has 2 atom stereocenters. The van der Waals surface area contributed by atoms with Gasteiger partial charge in [-0.15, -0.1) is 0 Å². The van der Waals surface area contributed by atoms with Crippen molar-refractivity contribution in [3.05, 3.63) is 0 Å². The van der Waals surface area contributed by atoms with Crippen LogP contribution < -0.4 is 0 Å². The zero-order chi connectivity index (χ0) is 10.5. The van der Waals surface area contributed by atoms with Crippen LogP contribution in [-0.4, -0.2) is 24.5 Å². The Morgan fingerprint density at radius 3 is 2.73 bits per heavy atom. The van der Waals surface area contributed by atoms with E-state index in [1.165, 1.54) is 45.2 Å². The summed E-state index contributed by atoms with van der Waals surface area (Å²) in [7, 11) is 0. The molecule has 2 fully saturated rings. The molecular weight excluding hydrogens is 184 g/mol. The van der Waals surface area contributed by atoms with Crippen LogP contribution >= 0.6 is 0 Å². The molecule has 84 valence electrons. The zero-order valence-electron chi connectivity index (χ0n) is 9.62. The molecule has 0 radical (unpaired) electrons. The number of likely N-dealkylation sites (tertiary alicyclic amines) is 1. The third kappa shape index (κ3) is 2.95. The second-order valence-electron chi connectivity index (χ2n) is 5.16. The van der Waals surface area contributed by atoms with Crippen LogP contribution in [0.4, 0.5) is 0 Å². The van der Waals surface area contributed by atoms with E-state index in [9.17, 15) is 0 Å². The maximum absolute atomic E-state index is 8.51. The molecule has 0 spiro atoms. The number of fused-ring (bicyclic) bond motifs is 1. The van der Waals surface area contributed by atoms with Crippen LogP contribution in [0.3, 0.4) is 0 Å². The van der Waals surface area contributed by atoms with E-state index in [1.54, 1.807) is 0 Å². The van der Waals surface area contributed by atoms with Gasteiger partial charge >= 0.3 is 0 Å². The number of nitriles is 1. The van der Waals surface area contributed by atoms with Crippen molar-refractivity contribution in [3.8, 4) is 6.07 Å². The molecule has 1 saturated heterocycles. The van der Waals surface area contributed by atoms with Gasteiger partial charge in [0.25, 0.3) is 0 Å². The van der Waals surface area contributed by atoms with Crippen molar-refractivity contribution in [2.24, 2.45) is 11.8 Å². The van der Waals surface area contributed by atoms with Crippen LogP contribution in [0.25, 0.3) is 0 Å². The second-order valence-corrected chi connectivity index (χ2v) is 5.16. The van der Waals surface area contributed by atoms with Gasteiger partial charge in [-0.3, -0.25) is 0 Å². The first-order valence-corrected chi connectivity index (χ1v) is 6.49. The molecular formula is C13H22N2. The van der Waals surface area contributed by atoms with E-state index in [0.717, 1.165) is 31.2 Å². The number of nitrogens with zero attached hydrogens (tertiary/aromatic N) is 2. The van der Waals surface area contributed by atoms with Crippen LogP contribution in [0.1, 0.15) is 44.9 Å². The maximum Gasteiger partial charge on any atom is 0.0622 e. The van der Waals surface area contributed by atoms with Crippen molar-refractivity contribution in [3.63, 3.8) is 0 Å². The number of unbranched alkanes of at least 4 members (excludes halogenated alkanes) is 1. The first-order chi connectivity index (χ1) is 7.40. The molecule has 0 aromatic carbocycles. The van der Waals surface area contributed by atoms with Crippen LogP contribution in [0.15, 0.2) is 0 Å². The molecule has 1 aliphatic carbocycles. The summed E-state index contributed by atoms with van der Waals surface area (Å²) < 4.78 is 0. The molecule has 0 bridgehead atoms. The van der Waals surface area contributed by atoms with Crippen molar-refractivity contribution in [2.45, 2.75) is 44.9 Å². The van der Waals surface area contributed by atoms with Crippen LogP contribution in [-0.2, 0) is 0 Å². The summed E-state index contributed by atoms with van der Waals surface area (Å²) in [6.07, 6.45) is 9.06. The van der Waals surface area contributed by atoms with E-state index in [2.05, 4.69) is 11.0 Å². The van der Waals surface area contributed by atoms with E-state index in [-0.39, 0.29) is 0 Å². The average Bonchev–Trinajstić information content (AvgIpc) is 2.29. The molecule has 0 amide bonds. The third-order valence-corrected chi connectivity index (χ3v) is 4.14. The Hall–Kier alpha value is -0.550. The van der Waals surface area contributed by atoms with Gasteiger partial charge in [0.05, 0.1) is 6.07 Å². The topological polar surface area (TPSA) is 27.0 Å². The van der Waals surface area contributed by atoms with E-state index < -0.39 is 0 Å². The first-order valence-electron chi connectivity index (χ1n) is 6.49. The van der Waals surface area contributed by atoms with Gasteiger partial charge in [-0.25, -0.2) is 0 Å². The van der Waals surface area contributed by atoms with Crippen LogP contribution in [0.5, 0.6) is 0 Å². The van der Waals surface area contributed by atoms with E-state index in [4.69, 9.17) is 5.26 Å². The molecule has 0 aromatic rings. The number of rotatable bonds is 3. The lowest BCUT2D eigenvalue weighted by Crippen LogP contribution is -2.42. The zero-order valence-corrected chi connectivity index (χ0v) is 9.62. The highest BCUT2D eigenvalue weighted by molar-refractivity contribution is 4.83. The van der Waals surface area contributed by atoms with Gasteiger partial charge in [0.2, 0.25) is 0 Å². The highest BCUT2D eigenvalue weighted by Crippen LogP contribution is 2.35. The normalized spacial score (nSPS) is 31.9. The quantitative estimate of drug-likeness (QED) is 0.664. The third-order valence-electron chi connectivity index (χ3n) is 4.14. The summed E-state index contributed by atoms with van der Waals surface area (Å²) in [6.45, 7) is 3.75. The van der Waals surface area contributed by atoms with Crippen molar-refractivity contribution in [2.75, 3.05) is 19.6 Å². The number of piperidine rings is 1. The van der Waals surface area contributed by atoms with Gasteiger partial charge in [0, 0.05) is 13.0 Å². The van der Waals surface area contributed by atoms with E-state index >= 15 is 0 Å². The Kier molecular flexibility index (Phi) is 4.02. The molecule has 0 N–H and O–H groups in total. The van der Waals surface area contributed by atoms with E-state index in [0.29, 0.717) is 0 Å². The predicted octanol–water partition coefficient (Wildman–Crippen LogP) is 2.80. The van der Waals surface area contributed by atoms with E-state index in [1.807, 2.05) is 0 Å². The molecule has 1 saturated carbocycles. The molecule has 2 rings (SSSR count). The minimum absolute atomic E-state index is 0.727. The van der Waals surface area contributed by atoms with Gasteiger partial charge in [0.1, 0.15) is 0 Å². The molecule has 1 heterocycles. The lowest BCUT2D eigenvalue weighted by Gasteiger charge is -2.41. The van der Waals surface area contributed by atoms with Gasteiger partial charge in [0.15, 0.2) is 0 Å². The fourth-order valence-corrected chi connectivity index (χ4v) is 3.26. The summed E-state index contributed by atoms with van der Waals surface area (Å²) >= 11 is 0. The van der Waals surface area contributed by atoms with Crippen molar-refractivity contribution < 1.29 is 0 Å². The van der Waals surface area contributed by atoms with Crippen molar-refractivity contribution in [1.29, 1.82) is 5.26 Å². The smallest absolute Gasteiger partial charge is 0.0622 e. The fraction of sp³-hybridized carbons (Fsp3) is 0.923. The highest BCUT2D eigenvalue weighted by atomic mass is 15.1. The summed E-state index contributed by atoms with van der Waals surface area (Å²) in [5.74, 6) is 2.01. The number of hydrogen-bond acceptors (Lipinski definition) is 2. The summed E-state index contributed by atoms with van der Waals surface area (Å²) in [5, 5.41) is 8.51. The second kappa shape index (κ2) is 5.51. The monoisotopic (exact) mass is 206 g/mol. The largest absolute Gasteiger partial charge is 0.303 e. The van der Waals surface area contributed by atoms with Crippen molar-refractivity contribution >= 4 is 0 Å². The Bertz CT molecular complexity index is 231. The molecule has 1 aliphatic heterocycles. The van der Waals surface area contributed by atoms with Crippen LogP contribution in [0.2, 0.25) is 0 Å². The van der Waals surface area contributed by atoms with Crippen LogP contribution in [0, 0.1) is 23.2 Å². The minimum Gasteiger partial charge on any atom is -0.303 e. The molecule has 2 aliphatic rings. The molecule has 2 heteroatoms. The summed E-state index contributed by atoms with van der Waals surface area (Å²) in [5.41, 5.74) is 0. The lowest BCUT2D eigenvalue weighted by molar-refractivity contribution is 0.0864. The predicted molar refractivity (Wildman–Crippen MR) is 61.4 cm³/mol. The SMILES string of the molecule is N#CCCCN1CCC2CCCCC2C1. The Balaban J connectivity index is 1.73. The standard InChI is InChI=1S/C13H22N2/c14-8-3-4-9-15-10-7-12-5-1-2-6-13(12)11-15/h12-13H,1-7,9-11H2. The van der Waals surface area contributed by atoms with Gasteiger partial charge in [-0.1, -0.05) is 19.3 Å². The number of hydrogen-bond donors (Lipinski definition) is 0. The summed E-state index contributed by atoms with van der Waals surface area (Å²) in [4.78, 5) is 2.59. The molecule has 0 aromatic heterocycles. The maximum atomic E-state index is 8.51. The average molecular weight is 206 g/mol. The Morgan fingerprint density at radius 1 is 1.13 bits per heavy atom. The minimum atomic E-state index is 0.727. The fourth-order valence-electron chi connectivity index (χ4n) is 3.26. The molecule has 2 unspecified atom stereocenters. The molecule has 15 heavy (non-hydrogen) atoms. The Morgan fingerprint density at radius 2 is 1.93 bits per heavy atom. The molecule has 2 nitrogen and oxygen atoms in total. The Labute approximate surface area is 93.3 Å².